The molecule has 0 aromatic carbocycles. The fourth-order valence-electron chi connectivity index (χ4n) is 6.50. The lowest BCUT2D eigenvalue weighted by molar-refractivity contribution is -0.167. The molecule has 0 N–H and O–H groups in total. The third-order valence-corrected chi connectivity index (χ3v) is 9.86. The average Bonchev–Trinajstić information content (AvgIpc) is 3.11. The minimum atomic E-state index is -0.756. The van der Waals surface area contributed by atoms with Crippen LogP contribution in [0.3, 0.4) is 0 Å². The molecule has 0 fully saturated rings. The summed E-state index contributed by atoms with van der Waals surface area (Å²) in [5.74, 6) is -0.856. The van der Waals surface area contributed by atoms with Crippen molar-refractivity contribution in [1.29, 1.82) is 0 Å². The van der Waals surface area contributed by atoms with E-state index < -0.39 is 6.10 Å². The van der Waals surface area contributed by atoms with Gasteiger partial charge in [-0.2, -0.15) is 0 Å². The van der Waals surface area contributed by atoms with Gasteiger partial charge in [0.25, 0.3) is 0 Å². The van der Waals surface area contributed by atoms with E-state index in [2.05, 4.69) is 20.8 Å². The van der Waals surface area contributed by atoms with E-state index in [9.17, 15) is 14.4 Å². The van der Waals surface area contributed by atoms with Gasteiger partial charge in [-0.05, 0) is 19.3 Å². The molecule has 1 atom stereocenters. The van der Waals surface area contributed by atoms with Crippen molar-refractivity contribution < 1.29 is 28.6 Å². The molecule has 0 bridgehead atoms. The summed E-state index contributed by atoms with van der Waals surface area (Å²) in [6.07, 6.45) is 39.3. The van der Waals surface area contributed by atoms with Gasteiger partial charge in [0.15, 0.2) is 6.10 Å². The molecule has 0 saturated carbocycles. The van der Waals surface area contributed by atoms with Crippen molar-refractivity contribution in [3.63, 3.8) is 0 Å². The highest BCUT2D eigenvalue weighted by molar-refractivity contribution is 5.71. The van der Waals surface area contributed by atoms with Gasteiger partial charge in [0.1, 0.15) is 13.2 Å². The molecule has 0 spiro atoms. The maximum absolute atomic E-state index is 12.7. The zero-order valence-electron chi connectivity index (χ0n) is 33.7. The van der Waals surface area contributed by atoms with E-state index >= 15 is 0 Å². The van der Waals surface area contributed by atoms with Crippen LogP contribution in [0.4, 0.5) is 0 Å². The Labute approximate surface area is 310 Å². The number of hydrogen-bond acceptors (Lipinski definition) is 6. The van der Waals surface area contributed by atoms with Gasteiger partial charge in [0, 0.05) is 19.3 Å². The molecule has 6 heteroatoms. The molecule has 0 aliphatic rings. The van der Waals surface area contributed by atoms with Crippen LogP contribution in [0.15, 0.2) is 0 Å². The first-order valence-electron chi connectivity index (χ1n) is 22.0. The van der Waals surface area contributed by atoms with Gasteiger partial charge in [-0.15, -0.1) is 0 Å². The van der Waals surface area contributed by atoms with Gasteiger partial charge < -0.3 is 14.2 Å². The van der Waals surface area contributed by atoms with Crippen LogP contribution < -0.4 is 0 Å². The van der Waals surface area contributed by atoms with Crippen LogP contribution in [-0.2, 0) is 28.6 Å². The second-order valence-electron chi connectivity index (χ2n) is 15.0. The number of unbranched alkanes of at least 4 members (excludes halogenated alkanes) is 29. The van der Waals surface area contributed by atoms with Crippen LogP contribution in [0.2, 0.25) is 0 Å². The Bertz CT molecular complexity index is 738. The highest BCUT2D eigenvalue weighted by Gasteiger charge is 2.19. The molecule has 0 aliphatic carbocycles. The first-order chi connectivity index (χ1) is 24.5. The van der Waals surface area contributed by atoms with Crippen molar-refractivity contribution in [3.8, 4) is 0 Å². The van der Waals surface area contributed by atoms with E-state index in [1.807, 2.05) is 0 Å². The van der Waals surface area contributed by atoms with Crippen molar-refractivity contribution in [2.75, 3.05) is 13.2 Å². The molecule has 6 nitrogen and oxygen atoms in total. The number of hydrogen-bond donors (Lipinski definition) is 0. The van der Waals surface area contributed by atoms with Gasteiger partial charge in [-0.3, -0.25) is 14.4 Å². The summed E-state index contributed by atoms with van der Waals surface area (Å²) >= 11 is 0. The Morgan fingerprint density at radius 1 is 0.320 bits per heavy atom. The molecule has 50 heavy (non-hydrogen) atoms. The standard InChI is InChI=1S/C44H84O6/c1-4-7-10-13-16-19-22-25-28-31-34-37-43(46)49-40-41(39-48-42(45)36-33-30-27-24-21-18-15-12-9-6-3)50-44(47)38-35-32-29-26-23-20-17-14-11-8-5-2/h41H,4-40H2,1-3H3/t41-/m0/s1. The van der Waals surface area contributed by atoms with Gasteiger partial charge in [-0.25, -0.2) is 0 Å². The van der Waals surface area contributed by atoms with Crippen molar-refractivity contribution in [2.24, 2.45) is 0 Å². The number of ether oxygens (including phenoxy) is 3. The summed E-state index contributed by atoms with van der Waals surface area (Å²) < 4.78 is 16.7. The van der Waals surface area contributed by atoms with Crippen LogP contribution in [0.1, 0.15) is 245 Å². The first-order valence-corrected chi connectivity index (χ1v) is 22.0. The molecule has 0 aromatic rings. The monoisotopic (exact) mass is 709 g/mol. The SMILES string of the molecule is CCCCCCCCCCCCCC(=O)OC[C@H](COC(=O)CCCCCCCCCCCC)OC(=O)CCCCCCCCCCCCC. The minimum absolute atomic E-state index is 0.0631. The minimum Gasteiger partial charge on any atom is -0.462 e. The van der Waals surface area contributed by atoms with Crippen molar-refractivity contribution >= 4 is 17.9 Å². The van der Waals surface area contributed by atoms with Crippen LogP contribution in [0.25, 0.3) is 0 Å². The molecule has 0 amide bonds. The lowest BCUT2D eigenvalue weighted by Crippen LogP contribution is -2.30. The highest BCUT2D eigenvalue weighted by atomic mass is 16.6. The average molecular weight is 709 g/mol. The summed E-state index contributed by atoms with van der Waals surface area (Å²) in [4.78, 5) is 37.6. The Morgan fingerprint density at radius 3 is 0.800 bits per heavy atom. The fourth-order valence-corrected chi connectivity index (χ4v) is 6.50. The second kappa shape index (κ2) is 40.2. The predicted molar refractivity (Wildman–Crippen MR) is 210 cm³/mol. The fraction of sp³-hybridized carbons (Fsp3) is 0.932. The molecule has 0 saturated heterocycles. The Morgan fingerprint density at radius 2 is 0.540 bits per heavy atom. The molecule has 0 radical (unpaired) electrons. The van der Waals surface area contributed by atoms with Crippen LogP contribution >= 0.6 is 0 Å². The highest BCUT2D eigenvalue weighted by Crippen LogP contribution is 2.15. The van der Waals surface area contributed by atoms with Gasteiger partial charge in [0.05, 0.1) is 0 Å². The molecular formula is C44H84O6. The topological polar surface area (TPSA) is 78.9 Å². The van der Waals surface area contributed by atoms with E-state index in [0.29, 0.717) is 19.3 Å². The van der Waals surface area contributed by atoms with Crippen molar-refractivity contribution in [2.45, 2.75) is 252 Å². The molecule has 0 heterocycles. The van der Waals surface area contributed by atoms with E-state index in [0.717, 1.165) is 57.8 Å². The quantitative estimate of drug-likeness (QED) is 0.0358. The zero-order chi connectivity index (χ0) is 36.6. The first kappa shape index (κ1) is 48.4. The number of esters is 3. The van der Waals surface area contributed by atoms with Gasteiger partial charge >= 0.3 is 17.9 Å². The smallest absolute Gasteiger partial charge is 0.306 e. The molecular weight excluding hydrogens is 624 g/mol. The molecule has 0 aromatic heterocycles. The van der Waals surface area contributed by atoms with E-state index in [4.69, 9.17) is 14.2 Å². The summed E-state index contributed by atoms with van der Waals surface area (Å²) in [5, 5.41) is 0. The predicted octanol–water partition coefficient (Wildman–Crippen LogP) is 13.7. The lowest BCUT2D eigenvalue weighted by Gasteiger charge is -2.18. The molecule has 0 unspecified atom stereocenters. The number of rotatable bonds is 40. The Kier molecular flexibility index (Phi) is 38.9. The van der Waals surface area contributed by atoms with Crippen molar-refractivity contribution in [3.05, 3.63) is 0 Å². The third kappa shape index (κ3) is 37.7. The largest absolute Gasteiger partial charge is 0.462 e. The summed E-state index contributed by atoms with van der Waals surface area (Å²) in [6.45, 7) is 6.62. The van der Waals surface area contributed by atoms with Crippen LogP contribution in [-0.4, -0.2) is 37.2 Å². The summed E-state index contributed by atoms with van der Waals surface area (Å²) in [6, 6.07) is 0. The zero-order valence-corrected chi connectivity index (χ0v) is 33.7. The third-order valence-electron chi connectivity index (χ3n) is 9.86. The Hall–Kier alpha value is -1.59. The van der Waals surface area contributed by atoms with Gasteiger partial charge in [0.2, 0.25) is 0 Å². The lowest BCUT2D eigenvalue weighted by atomic mass is 10.1. The maximum atomic E-state index is 12.7. The molecule has 296 valence electrons. The maximum Gasteiger partial charge on any atom is 0.306 e. The molecule has 0 rings (SSSR count). The Balaban J connectivity index is 4.33. The van der Waals surface area contributed by atoms with Gasteiger partial charge in [-0.1, -0.05) is 207 Å². The number of carbonyl (C=O) groups is 3. The summed E-state index contributed by atoms with van der Waals surface area (Å²) in [7, 11) is 0. The van der Waals surface area contributed by atoms with Crippen molar-refractivity contribution in [1.82, 2.24) is 0 Å². The van der Waals surface area contributed by atoms with Crippen LogP contribution in [0.5, 0.6) is 0 Å². The van der Waals surface area contributed by atoms with E-state index in [1.54, 1.807) is 0 Å². The van der Waals surface area contributed by atoms with E-state index in [-0.39, 0.29) is 31.1 Å². The molecule has 0 aliphatic heterocycles. The van der Waals surface area contributed by atoms with Crippen LogP contribution in [0, 0.1) is 0 Å². The normalized spacial score (nSPS) is 11.8. The second-order valence-corrected chi connectivity index (χ2v) is 15.0. The van der Waals surface area contributed by atoms with E-state index in [1.165, 1.54) is 148 Å². The number of carbonyl (C=O) groups excluding carboxylic acids is 3. The summed E-state index contributed by atoms with van der Waals surface area (Å²) in [5.41, 5.74) is 0.